The van der Waals surface area contributed by atoms with Gasteiger partial charge in [-0.1, -0.05) is 60.7 Å². The number of nitrogens with one attached hydrogen (secondary N) is 1. The predicted molar refractivity (Wildman–Crippen MR) is 98.5 cm³/mol. The standard InChI is InChI=1S/C19H24N2OS/c1-21(2)18(17-11-7-4-8-12-17)13-20-19(22)15-23-14-16-9-5-3-6-10-16/h3-12,18H,13-15H2,1-2H3,(H,20,22). The first kappa shape index (κ1) is 17.6. The first-order chi connectivity index (χ1) is 11.2. The molecule has 0 spiro atoms. The van der Waals surface area contributed by atoms with Crippen LogP contribution in [0, 0.1) is 0 Å². The van der Waals surface area contributed by atoms with Crippen molar-refractivity contribution in [1.29, 1.82) is 0 Å². The van der Waals surface area contributed by atoms with E-state index in [9.17, 15) is 4.79 Å². The van der Waals surface area contributed by atoms with Gasteiger partial charge in [-0.25, -0.2) is 0 Å². The third kappa shape index (κ3) is 6.08. The summed E-state index contributed by atoms with van der Waals surface area (Å²) in [6.07, 6.45) is 0. The van der Waals surface area contributed by atoms with E-state index in [0.717, 1.165) is 5.75 Å². The van der Waals surface area contributed by atoms with E-state index in [1.54, 1.807) is 11.8 Å². The van der Waals surface area contributed by atoms with E-state index in [0.29, 0.717) is 12.3 Å². The molecule has 0 aliphatic carbocycles. The molecule has 0 aliphatic heterocycles. The van der Waals surface area contributed by atoms with Gasteiger partial charge < -0.3 is 10.2 Å². The molecular weight excluding hydrogens is 304 g/mol. The van der Waals surface area contributed by atoms with E-state index in [4.69, 9.17) is 0 Å². The highest BCUT2D eigenvalue weighted by Crippen LogP contribution is 2.17. The number of thioether (sulfide) groups is 1. The lowest BCUT2D eigenvalue weighted by Crippen LogP contribution is -2.35. The molecule has 1 amide bonds. The van der Waals surface area contributed by atoms with Crippen LogP contribution in [0.15, 0.2) is 60.7 Å². The second-order valence-corrected chi connectivity index (χ2v) is 6.66. The number of carbonyl (C=O) groups is 1. The molecule has 1 atom stereocenters. The number of nitrogens with zero attached hydrogens (tertiary/aromatic N) is 1. The van der Waals surface area contributed by atoms with E-state index in [-0.39, 0.29) is 11.9 Å². The molecule has 1 N–H and O–H groups in total. The lowest BCUT2D eigenvalue weighted by Gasteiger charge is -2.25. The van der Waals surface area contributed by atoms with E-state index in [2.05, 4.69) is 34.5 Å². The molecule has 0 bridgehead atoms. The third-order valence-electron chi connectivity index (χ3n) is 3.64. The summed E-state index contributed by atoms with van der Waals surface area (Å²) in [4.78, 5) is 14.2. The highest BCUT2D eigenvalue weighted by atomic mass is 32.2. The van der Waals surface area contributed by atoms with Gasteiger partial charge in [0.05, 0.1) is 11.8 Å². The number of likely N-dealkylation sites (N-methyl/N-ethyl adjacent to an activating group) is 1. The summed E-state index contributed by atoms with van der Waals surface area (Å²) in [7, 11) is 4.07. The summed E-state index contributed by atoms with van der Waals surface area (Å²) in [5, 5.41) is 3.05. The van der Waals surface area contributed by atoms with Crippen molar-refractivity contribution in [2.24, 2.45) is 0 Å². The largest absolute Gasteiger partial charge is 0.353 e. The van der Waals surface area contributed by atoms with Crippen LogP contribution in [0.2, 0.25) is 0 Å². The van der Waals surface area contributed by atoms with Crippen molar-refractivity contribution in [2.45, 2.75) is 11.8 Å². The van der Waals surface area contributed by atoms with Gasteiger partial charge in [0.15, 0.2) is 0 Å². The van der Waals surface area contributed by atoms with Gasteiger partial charge in [-0.2, -0.15) is 0 Å². The monoisotopic (exact) mass is 328 g/mol. The highest BCUT2D eigenvalue weighted by molar-refractivity contribution is 7.99. The molecule has 3 nitrogen and oxygen atoms in total. The fraction of sp³-hybridized carbons (Fsp3) is 0.316. The maximum absolute atomic E-state index is 12.0. The number of hydrogen-bond donors (Lipinski definition) is 1. The Labute approximate surface area is 143 Å². The molecular formula is C19H24N2OS. The summed E-state index contributed by atoms with van der Waals surface area (Å²) in [5.41, 5.74) is 2.47. The van der Waals surface area contributed by atoms with Crippen LogP contribution in [-0.4, -0.2) is 37.2 Å². The average Bonchev–Trinajstić information content (AvgIpc) is 2.57. The van der Waals surface area contributed by atoms with E-state index in [1.165, 1.54) is 11.1 Å². The molecule has 0 fully saturated rings. The third-order valence-corrected chi connectivity index (χ3v) is 4.65. The topological polar surface area (TPSA) is 32.3 Å². The second kappa shape index (κ2) is 9.38. The van der Waals surface area contributed by atoms with Crippen molar-refractivity contribution in [3.05, 3.63) is 71.8 Å². The van der Waals surface area contributed by atoms with Crippen molar-refractivity contribution in [1.82, 2.24) is 10.2 Å². The lowest BCUT2D eigenvalue weighted by atomic mass is 10.1. The summed E-state index contributed by atoms with van der Waals surface area (Å²) in [6.45, 7) is 0.627. The SMILES string of the molecule is CN(C)C(CNC(=O)CSCc1ccccc1)c1ccccc1. The Morgan fingerprint density at radius 1 is 1.04 bits per heavy atom. The van der Waals surface area contributed by atoms with E-state index < -0.39 is 0 Å². The Hall–Kier alpha value is -1.78. The van der Waals surface area contributed by atoms with Crippen molar-refractivity contribution < 1.29 is 4.79 Å². The van der Waals surface area contributed by atoms with Crippen LogP contribution in [0.3, 0.4) is 0 Å². The molecule has 1 unspecified atom stereocenters. The van der Waals surface area contributed by atoms with Gasteiger partial charge in [0.1, 0.15) is 0 Å². The van der Waals surface area contributed by atoms with Gasteiger partial charge in [0.25, 0.3) is 0 Å². The molecule has 0 saturated heterocycles. The van der Waals surface area contributed by atoms with Crippen LogP contribution in [0.4, 0.5) is 0 Å². The quantitative estimate of drug-likeness (QED) is 0.807. The molecule has 0 radical (unpaired) electrons. The lowest BCUT2D eigenvalue weighted by molar-refractivity contribution is -0.118. The number of amides is 1. The van der Waals surface area contributed by atoms with Crippen LogP contribution in [0.5, 0.6) is 0 Å². The number of rotatable bonds is 8. The van der Waals surface area contributed by atoms with Crippen LogP contribution in [0.1, 0.15) is 17.2 Å². The minimum absolute atomic E-state index is 0.0914. The van der Waals surface area contributed by atoms with E-state index >= 15 is 0 Å². The molecule has 2 aromatic carbocycles. The molecule has 0 heterocycles. The van der Waals surface area contributed by atoms with Crippen LogP contribution >= 0.6 is 11.8 Å². The zero-order chi connectivity index (χ0) is 16.5. The van der Waals surface area contributed by atoms with Crippen molar-refractivity contribution in [3.63, 3.8) is 0 Å². The average molecular weight is 328 g/mol. The summed E-state index contributed by atoms with van der Waals surface area (Å²) in [6, 6.07) is 20.7. The zero-order valence-electron chi connectivity index (χ0n) is 13.7. The van der Waals surface area contributed by atoms with Crippen molar-refractivity contribution in [2.75, 3.05) is 26.4 Å². The molecule has 0 aliphatic rings. The molecule has 4 heteroatoms. The Balaban J connectivity index is 1.76. The Kier molecular flexibility index (Phi) is 7.17. The fourth-order valence-corrected chi connectivity index (χ4v) is 3.19. The van der Waals surface area contributed by atoms with Crippen LogP contribution < -0.4 is 5.32 Å². The number of hydrogen-bond acceptors (Lipinski definition) is 3. The number of benzene rings is 2. The van der Waals surface area contributed by atoms with Gasteiger partial charge in [0.2, 0.25) is 5.91 Å². The normalized spacial score (nSPS) is 12.1. The summed E-state index contributed by atoms with van der Waals surface area (Å²) < 4.78 is 0. The molecule has 0 aromatic heterocycles. The maximum atomic E-state index is 12.0. The van der Waals surface area contributed by atoms with Gasteiger partial charge in [-0.3, -0.25) is 4.79 Å². The van der Waals surface area contributed by atoms with Gasteiger partial charge in [-0.15, -0.1) is 11.8 Å². The minimum Gasteiger partial charge on any atom is -0.353 e. The van der Waals surface area contributed by atoms with Gasteiger partial charge >= 0.3 is 0 Å². The minimum atomic E-state index is 0.0914. The predicted octanol–water partition coefficient (Wildman–Crippen LogP) is 3.34. The van der Waals surface area contributed by atoms with Crippen LogP contribution in [0.25, 0.3) is 0 Å². The maximum Gasteiger partial charge on any atom is 0.230 e. The van der Waals surface area contributed by atoms with Gasteiger partial charge in [0, 0.05) is 12.3 Å². The molecule has 122 valence electrons. The Morgan fingerprint density at radius 2 is 1.65 bits per heavy atom. The molecule has 23 heavy (non-hydrogen) atoms. The first-order valence-electron chi connectivity index (χ1n) is 7.76. The fourth-order valence-electron chi connectivity index (χ4n) is 2.37. The van der Waals surface area contributed by atoms with Crippen LogP contribution in [-0.2, 0) is 10.5 Å². The summed E-state index contributed by atoms with van der Waals surface area (Å²) in [5.74, 6) is 1.45. The summed E-state index contributed by atoms with van der Waals surface area (Å²) >= 11 is 1.64. The second-order valence-electron chi connectivity index (χ2n) is 5.67. The molecule has 0 saturated carbocycles. The zero-order valence-corrected chi connectivity index (χ0v) is 14.6. The molecule has 2 rings (SSSR count). The number of carbonyl (C=O) groups excluding carboxylic acids is 1. The van der Waals surface area contributed by atoms with E-state index in [1.807, 2.05) is 50.5 Å². The highest BCUT2D eigenvalue weighted by Gasteiger charge is 2.14. The first-order valence-corrected chi connectivity index (χ1v) is 8.92. The Morgan fingerprint density at radius 3 is 2.26 bits per heavy atom. The van der Waals surface area contributed by atoms with Crippen molar-refractivity contribution >= 4 is 17.7 Å². The Bertz CT molecular complexity index is 587. The smallest absolute Gasteiger partial charge is 0.230 e. The molecule has 2 aromatic rings. The van der Waals surface area contributed by atoms with Crippen molar-refractivity contribution in [3.8, 4) is 0 Å². The van der Waals surface area contributed by atoms with Gasteiger partial charge in [-0.05, 0) is 25.2 Å².